The summed E-state index contributed by atoms with van der Waals surface area (Å²) in [6, 6.07) is 5.95. The van der Waals surface area contributed by atoms with E-state index in [-0.39, 0.29) is 58.3 Å². The zero-order valence-electron chi connectivity index (χ0n) is 30.7. The molecule has 2 bridgehead atoms. The molecule has 2 aromatic rings. The van der Waals surface area contributed by atoms with Crippen molar-refractivity contribution in [2.75, 3.05) is 33.4 Å². The van der Waals surface area contributed by atoms with Crippen molar-refractivity contribution in [3.05, 3.63) is 70.5 Å². The molecule has 6 aliphatic carbocycles. The number of fused-ring (bicyclic) bond motifs is 1. The summed E-state index contributed by atoms with van der Waals surface area (Å²) >= 11 is 6.36. The van der Waals surface area contributed by atoms with Gasteiger partial charge in [-0.25, -0.2) is 4.79 Å². The number of methoxy groups -OCH3 is 1. The van der Waals surface area contributed by atoms with E-state index in [4.69, 9.17) is 25.5 Å². The van der Waals surface area contributed by atoms with Gasteiger partial charge in [0.1, 0.15) is 5.76 Å². The van der Waals surface area contributed by atoms with E-state index in [2.05, 4.69) is 26.0 Å². The van der Waals surface area contributed by atoms with Gasteiger partial charge in [0.05, 0.1) is 35.4 Å². The van der Waals surface area contributed by atoms with Crippen LogP contribution in [0.4, 0.5) is 18.0 Å². The van der Waals surface area contributed by atoms with Gasteiger partial charge in [0.2, 0.25) is 5.78 Å². The number of amides is 1. The Labute approximate surface area is 313 Å². The van der Waals surface area contributed by atoms with Gasteiger partial charge >= 0.3 is 12.3 Å². The lowest BCUT2D eigenvalue weighted by Gasteiger charge is -2.71. The highest BCUT2D eigenvalue weighted by molar-refractivity contribution is 6.33. The molecule has 2 N–H and O–H groups in total. The predicted octanol–water partition coefficient (Wildman–Crippen LogP) is 8.89. The van der Waals surface area contributed by atoms with E-state index in [1.54, 1.807) is 18.9 Å². The first-order valence-electron chi connectivity index (χ1n) is 18.7. The molecule has 8 rings (SSSR count). The highest BCUT2D eigenvalue weighted by Crippen LogP contribution is 2.78. The van der Waals surface area contributed by atoms with Crippen LogP contribution in [0.15, 0.2) is 58.6 Å². The van der Waals surface area contributed by atoms with Crippen molar-refractivity contribution in [1.82, 2.24) is 4.90 Å². The van der Waals surface area contributed by atoms with Crippen LogP contribution in [0.1, 0.15) is 88.3 Å². The van der Waals surface area contributed by atoms with Crippen LogP contribution in [-0.2, 0) is 15.7 Å². The van der Waals surface area contributed by atoms with Crippen molar-refractivity contribution in [2.24, 2.45) is 33.5 Å². The Morgan fingerprint density at radius 1 is 1.04 bits per heavy atom. The number of hydrogen-bond acceptors (Lipinski definition) is 7. The Hall–Kier alpha value is -3.12. The molecule has 288 valence electrons. The highest BCUT2D eigenvalue weighted by Gasteiger charge is 2.74. The largest absolute Gasteiger partial charge is 0.453 e. The number of aliphatic hydroxyl groups excluding tert-OH is 1. The lowest BCUT2D eigenvalue weighted by molar-refractivity contribution is -0.175. The van der Waals surface area contributed by atoms with Gasteiger partial charge in [0.25, 0.3) is 0 Å². The van der Waals surface area contributed by atoms with Crippen LogP contribution < -0.4 is 0 Å². The molecule has 12 heteroatoms. The number of rotatable bonds is 10. The van der Waals surface area contributed by atoms with Crippen molar-refractivity contribution < 1.29 is 46.9 Å². The summed E-state index contributed by atoms with van der Waals surface area (Å²) in [6.45, 7) is 7.20. The van der Waals surface area contributed by atoms with Crippen molar-refractivity contribution in [2.45, 2.75) is 90.0 Å². The van der Waals surface area contributed by atoms with Crippen molar-refractivity contribution in [3.8, 4) is 11.3 Å². The Bertz CT molecular complexity index is 1840. The molecule has 0 radical (unpaired) electrons. The second-order valence-electron chi connectivity index (χ2n) is 16.5. The number of ketones is 1. The summed E-state index contributed by atoms with van der Waals surface area (Å²) in [5.74, 6) is -0.532. The minimum atomic E-state index is -4.60. The van der Waals surface area contributed by atoms with Gasteiger partial charge in [-0.1, -0.05) is 43.7 Å². The van der Waals surface area contributed by atoms with Crippen LogP contribution in [0.2, 0.25) is 5.02 Å². The molecule has 3 fully saturated rings. The molecule has 8 nitrogen and oxygen atoms in total. The third-order valence-corrected chi connectivity index (χ3v) is 14.4. The number of hydrogen-bond donors (Lipinski definition) is 2. The minimum absolute atomic E-state index is 0.00656. The normalized spacial score (nSPS) is 35.7. The Morgan fingerprint density at radius 3 is 2.47 bits per heavy atom. The lowest BCUT2D eigenvalue weighted by atomic mass is 9.32. The zero-order chi connectivity index (χ0) is 38.2. The number of furan rings is 1. The second-order valence-corrected chi connectivity index (χ2v) is 16.9. The van der Waals surface area contributed by atoms with Gasteiger partial charge in [0.15, 0.2) is 5.76 Å². The molecule has 1 heterocycles. The van der Waals surface area contributed by atoms with Crippen molar-refractivity contribution >= 4 is 23.5 Å². The van der Waals surface area contributed by atoms with E-state index in [9.17, 15) is 33.0 Å². The molecule has 1 aromatic heterocycles. The van der Waals surface area contributed by atoms with E-state index in [0.717, 1.165) is 18.6 Å². The van der Waals surface area contributed by atoms with E-state index in [1.807, 2.05) is 6.08 Å². The Morgan fingerprint density at radius 2 is 1.75 bits per heavy atom. The van der Waals surface area contributed by atoms with E-state index >= 15 is 0 Å². The number of ether oxygens (including phenoxy) is 2. The number of halogens is 4. The number of carbonyl (C=O) groups is 2. The number of nitrogens with zero attached hydrogens (tertiary/aromatic N) is 1. The molecule has 6 aliphatic rings. The van der Waals surface area contributed by atoms with Gasteiger partial charge < -0.3 is 29.0 Å². The molecule has 3 saturated carbocycles. The van der Waals surface area contributed by atoms with Crippen LogP contribution in [0.25, 0.3) is 11.3 Å². The molecule has 1 amide bonds. The molecule has 53 heavy (non-hydrogen) atoms. The zero-order valence-corrected chi connectivity index (χ0v) is 31.5. The minimum Gasteiger partial charge on any atom is -0.453 e. The van der Waals surface area contributed by atoms with Crippen molar-refractivity contribution in [1.29, 1.82) is 0 Å². The standard InChI is InChI=1S/C41H49ClF3NO7/c1-5-52-35(49)46(19-6-20-51-4)24-39(50)16-13-33-37(39,3)15-12-32-36(2)14-11-26(47)22-38(36)17-18-40(32,33)28(23-38)34(48)31-10-9-30(53-31)27-21-25(41(43,44)45)7-8-29(27)42/h7-10,17-18,21,23,26,32-33,47,50H,5-6,11-16,19-20,22,24H2,1-4H3/t26?,32-,33-,36-,37+,38+,39-,40-/m1/s1. The van der Waals surface area contributed by atoms with E-state index in [0.29, 0.717) is 63.7 Å². The third kappa shape index (κ3) is 5.73. The average molecular weight is 760 g/mol. The van der Waals surface area contributed by atoms with Crippen LogP contribution in [0, 0.1) is 33.5 Å². The number of allylic oxidation sites excluding steroid dienone is 4. The van der Waals surface area contributed by atoms with Gasteiger partial charge in [-0.05, 0) is 106 Å². The van der Waals surface area contributed by atoms with E-state index in [1.165, 1.54) is 18.2 Å². The number of aliphatic hydroxyl groups is 2. The lowest BCUT2D eigenvalue weighted by Crippen LogP contribution is -2.67. The number of benzene rings is 1. The topological polar surface area (TPSA) is 109 Å². The quantitative estimate of drug-likeness (QED) is 0.142. The molecule has 1 unspecified atom stereocenters. The maximum Gasteiger partial charge on any atom is 0.416 e. The summed E-state index contributed by atoms with van der Waals surface area (Å²) in [5.41, 5.74) is -3.98. The maximum atomic E-state index is 15.0. The summed E-state index contributed by atoms with van der Waals surface area (Å²) < 4.78 is 57.6. The monoisotopic (exact) mass is 759 g/mol. The number of carbonyl (C=O) groups excluding carboxylic acids is 2. The maximum absolute atomic E-state index is 15.0. The third-order valence-electron chi connectivity index (χ3n) is 14.1. The molecule has 0 aliphatic heterocycles. The Balaban J connectivity index is 1.30. The SMILES string of the molecule is CCOC(=O)N(CCCOC)C[C@]1(O)CC[C@H]2[C@]34C=C[C@@]5(C=C3C(=O)c3ccc(-c6cc(C(F)(F)F)ccc6Cl)o3)CC(O)CC[C@]5(C)[C@H]4CC[C@@]21C. The fourth-order valence-electron chi connectivity index (χ4n) is 11.4. The molecule has 8 atom stereocenters. The predicted molar refractivity (Wildman–Crippen MR) is 192 cm³/mol. The van der Waals surface area contributed by atoms with Gasteiger partial charge in [-0.3, -0.25) is 4.79 Å². The summed E-state index contributed by atoms with van der Waals surface area (Å²) in [4.78, 5) is 29.8. The van der Waals surface area contributed by atoms with Crippen LogP contribution in [0.3, 0.4) is 0 Å². The van der Waals surface area contributed by atoms with Gasteiger partial charge in [0, 0.05) is 47.6 Å². The molecule has 1 aromatic carbocycles. The van der Waals surface area contributed by atoms with Gasteiger partial charge in [-0.15, -0.1) is 0 Å². The van der Waals surface area contributed by atoms with E-state index < -0.39 is 45.8 Å². The van der Waals surface area contributed by atoms with Gasteiger partial charge in [-0.2, -0.15) is 13.2 Å². The molecular formula is C41H49ClF3NO7. The fraction of sp³-hybridized carbons (Fsp3) is 0.610. The average Bonchev–Trinajstić information content (AvgIpc) is 3.70. The number of alkyl halides is 3. The van der Waals surface area contributed by atoms with Crippen LogP contribution in [0.5, 0.6) is 0 Å². The summed E-state index contributed by atoms with van der Waals surface area (Å²) in [7, 11) is 1.60. The van der Waals surface area contributed by atoms with Crippen LogP contribution >= 0.6 is 11.6 Å². The summed E-state index contributed by atoms with van der Waals surface area (Å²) in [5, 5.41) is 23.8. The fourth-order valence-corrected chi connectivity index (χ4v) is 11.6. The second kappa shape index (κ2) is 13.3. The Kier molecular flexibility index (Phi) is 9.56. The smallest absolute Gasteiger partial charge is 0.416 e. The summed E-state index contributed by atoms with van der Waals surface area (Å²) in [6.07, 6.45) is 5.65. The van der Waals surface area contributed by atoms with Crippen molar-refractivity contribution in [3.63, 3.8) is 0 Å². The molecular weight excluding hydrogens is 711 g/mol. The molecule has 0 saturated heterocycles. The molecule has 2 spiro atoms. The number of Topliss-reactive ketones (excluding diaryl/α,β-unsaturated/α-hetero) is 1. The first-order chi connectivity index (χ1) is 25.0. The van der Waals surface area contributed by atoms with Crippen LogP contribution in [-0.4, -0.2) is 72.1 Å². The first-order valence-corrected chi connectivity index (χ1v) is 19.1. The highest BCUT2D eigenvalue weighted by atomic mass is 35.5. The first kappa shape index (κ1) is 38.2.